The van der Waals surface area contributed by atoms with Gasteiger partial charge in [0.15, 0.2) is 5.75 Å². The highest BCUT2D eigenvalue weighted by molar-refractivity contribution is 6.38. The number of carbonyl (C=O) groups excluding carboxylic acids is 2. The molecule has 3 aromatic rings. The van der Waals surface area contributed by atoms with E-state index in [1.54, 1.807) is 12.1 Å². The largest absolute Gasteiger partial charge is 0.494 e. The number of benzene rings is 3. The van der Waals surface area contributed by atoms with Crippen molar-refractivity contribution in [1.82, 2.24) is 4.90 Å². The van der Waals surface area contributed by atoms with Crippen LogP contribution in [0.2, 0.25) is 15.1 Å². The Morgan fingerprint density at radius 1 is 0.824 bits per heavy atom. The van der Waals surface area contributed by atoms with Crippen molar-refractivity contribution in [3.8, 4) is 5.75 Å². The van der Waals surface area contributed by atoms with Gasteiger partial charge in [-0.3, -0.25) is 9.59 Å². The van der Waals surface area contributed by atoms with Gasteiger partial charge in [0.25, 0.3) is 11.8 Å². The van der Waals surface area contributed by atoms with Gasteiger partial charge in [-0.2, -0.15) is 0 Å². The molecule has 1 aliphatic rings. The summed E-state index contributed by atoms with van der Waals surface area (Å²) in [4.78, 5) is 29.3. The van der Waals surface area contributed by atoms with E-state index in [1.807, 2.05) is 41.3 Å². The summed E-state index contributed by atoms with van der Waals surface area (Å²) in [6.45, 7) is 2.52. The standard InChI is InChI=1S/C25H22Cl3N3O3/c1-34-23-20(27)13-17(14-21(23)28)24(32)29-18-7-8-22(19(26)15-18)30-9-11-31(12-10-30)25(33)16-5-3-2-4-6-16/h2-8,13-15H,9-12H2,1H3,(H,29,32). The number of hydrogen-bond donors (Lipinski definition) is 1. The molecule has 0 saturated carbocycles. The minimum Gasteiger partial charge on any atom is -0.494 e. The van der Waals surface area contributed by atoms with Crippen molar-refractivity contribution in [2.75, 3.05) is 43.5 Å². The Morgan fingerprint density at radius 2 is 1.47 bits per heavy atom. The van der Waals surface area contributed by atoms with E-state index in [2.05, 4.69) is 10.2 Å². The predicted octanol–water partition coefficient (Wildman–Crippen LogP) is 5.87. The van der Waals surface area contributed by atoms with Gasteiger partial charge in [-0.05, 0) is 42.5 Å². The van der Waals surface area contributed by atoms with Crippen LogP contribution < -0.4 is 15.0 Å². The molecule has 0 atom stereocenters. The quantitative estimate of drug-likeness (QED) is 0.459. The first kappa shape index (κ1) is 24.2. The van der Waals surface area contributed by atoms with Crippen LogP contribution in [0.1, 0.15) is 20.7 Å². The zero-order chi connectivity index (χ0) is 24.2. The maximum Gasteiger partial charge on any atom is 0.255 e. The number of methoxy groups -OCH3 is 1. The fraction of sp³-hybridized carbons (Fsp3) is 0.200. The zero-order valence-electron chi connectivity index (χ0n) is 18.4. The normalized spacial score (nSPS) is 13.5. The Kier molecular flexibility index (Phi) is 7.51. The van der Waals surface area contributed by atoms with Crippen molar-refractivity contribution < 1.29 is 14.3 Å². The Bertz CT molecular complexity index is 1190. The third kappa shape index (κ3) is 5.25. The van der Waals surface area contributed by atoms with Gasteiger partial charge in [0, 0.05) is 43.0 Å². The van der Waals surface area contributed by atoms with Crippen molar-refractivity contribution in [3.63, 3.8) is 0 Å². The lowest BCUT2D eigenvalue weighted by molar-refractivity contribution is 0.0746. The molecule has 1 saturated heterocycles. The molecule has 0 spiro atoms. The van der Waals surface area contributed by atoms with Gasteiger partial charge in [-0.15, -0.1) is 0 Å². The van der Waals surface area contributed by atoms with Crippen molar-refractivity contribution in [1.29, 1.82) is 0 Å². The number of amides is 2. The lowest BCUT2D eigenvalue weighted by Crippen LogP contribution is -2.48. The molecule has 176 valence electrons. The summed E-state index contributed by atoms with van der Waals surface area (Å²) >= 11 is 18.8. The molecule has 3 aromatic carbocycles. The number of hydrogen-bond acceptors (Lipinski definition) is 4. The number of nitrogens with zero attached hydrogens (tertiary/aromatic N) is 2. The average Bonchev–Trinajstić information content (AvgIpc) is 2.84. The van der Waals surface area contributed by atoms with E-state index >= 15 is 0 Å². The minimum absolute atomic E-state index is 0.0307. The van der Waals surface area contributed by atoms with Crippen LogP contribution in [0.3, 0.4) is 0 Å². The highest BCUT2D eigenvalue weighted by Crippen LogP contribution is 2.34. The first-order chi connectivity index (χ1) is 16.4. The number of rotatable bonds is 5. The van der Waals surface area contributed by atoms with Crippen molar-refractivity contribution in [2.45, 2.75) is 0 Å². The number of anilines is 2. The van der Waals surface area contributed by atoms with E-state index in [1.165, 1.54) is 19.2 Å². The van der Waals surface area contributed by atoms with Crippen LogP contribution in [-0.2, 0) is 0 Å². The summed E-state index contributed by atoms with van der Waals surface area (Å²) < 4.78 is 5.12. The van der Waals surface area contributed by atoms with Crippen LogP contribution in [0.15, 0.2) is 60.7 Å². The van der Waals surface area contributed by atoms with Crippen molar-refractivity contribution in [2.24, 2.45) is 0 Å². The second kappa shape index (κ2) is 10.6. The Hall–Kier alpha value is -2.93. The number of piperazine rings is 1. The van der Waals surface area contributed by atoms with Crippen LogP contribution in [0.5, 0.6) is 5.75 Å². The fourth-order valence-corrected chi connectivity index (χ4v) is 4.79. The topological polar surface area (TPSA) is 61.9 Å². The molecule has 0 radical (unpaired) electrons. The van der Waals surface area contributed by atoms with E-state index < -0.39 is 0 Å². The van der Waals surface area contributed by atoms with Crippen LogP contribution in [-0.4, -0.2) is 50.0 Å². The summed E-state index contributed by atoms with van der Waals surface area (Å²) in [6, 6.07) is 17.6. The highest BCUT2D eigenvalue weighted by Gasteiger charge is 2.23. The first-order valence-corrected chi connectivity index (χ1v) is 11.7. The third-order valence-electron chi connectivity index (χ3n) is 5.60. The van der Waals surface area contributed by atoms with E-state index in [4.69, 9.17) is 39.5 Å². The molecule has 2 amide bonds. The van der Waals surface area contributed by atoms with Crippen LogP contribution in [0.4, 0.5) is 11.4 Å². The van der Waals surface area contributed by atoms with Crippen molar-refractivity contribution in [3.05, 3.63) is 86.9 Å². The molecule has 34 heavy (non-hydrogen) atoms. The molecule has 9 heteroatoms. The highest BCUT2D eigenvalue weighted by atomic mass is 35.5. The summed E-state index contributed by atoms with van der Waals surface area (Å²) in [7, 11) is 1.46. The van der Waals surface area contributed by atoms with Crippen LogP contribution in [0.25, 0.3) is 0 Å². The maximum atomic E-state index is 12.7. The van der Waals surface area contributed by atoms with Gasteiger partial charge in [-0.1, -0.05) is 53.0 Å². The molecule has 1 fully saturated rings. The van der Waals surface area contributed by atoms with Crippen LogP contribution in [0, 0.1) is 0 Å². The van der Waals surface area contributed by atoms with Gasteiger partial charge in [0.2, 0.25) is 0 Å². The fourth-order valence-electron chi connectivity index (χ4n) is 3.84. The average molecular weight is 519 g/mol. The summed E-state index contributed by atoms with van der Waals surface area (Å²) in [5, 5.41) is 3.81. The second-order valence-corrected chi connectivity index (χ2v) is 8.96. The van der Waals surface area contributed by atoms with E-state index in [-0.39, 0.29) is 21.9 Å². The number of ether oxygens (including phenoxy) is 1. The summed E-state index contributed by atoms with van der Waals surface area (Å²) in [6.07, 6.45) is 0. The SMILES string of the molecule is COc1c(Cl)cc(C(=O)Nc2ccc(N3CCN(C(=O)c4ccccc4)CC3)c(Cl)c2)cc1Cl. The Labute approximate surface area is 213 Å². The molecule has 0 unspecified atom stereocenters. The smallest absolute Gasteiger partial charge is 0.255 e. The molecule has 1 N–H and O–H groups in total. The molecule has 6 nitrogen and oxygen atoms in total. The number of carbonyl (C=O) groups is 2. The first-order valence-electron chi connectivity index (χ1n) is 10.6. The van der Waals surface area contributed by atoms with E-state index in [9.17, 15) is 9.59 Å². The van der Waals surface area contributed by atoms with Crippen LogP contribution >= 0.6 is 34.8 Å². The molecule has 0 aromatic heterocycles. The molecule has 1 aliphatic heterocycles. The molecule has 1 heterocycles. The van der Waals surface area contributed by atoms with Crippen molar-refractivity contribution >= 4 is 58.0 Å². The molecule has 0 aliphatic carbocycles. The Morgan fingerprint density at radius 3 is 2.06 bits per heavy atom. The van der Waals surface area contributed by atoms with E-state index in [0.717, 1.165) is 5.69 Å². The summed E-state index contributed by atoms with van der Waals surface area (Å²) in [5.41, 5.74) is 2.38. The van der Waals surface area contributed by atoms with Gasteiger partial charge in [-0.25, -0.2) is 0 Å². The third-order valence-corrected chi connectivity index (χ3v) is 6.46. The summed E-state index contributed by atoms with van der Waals surface area (Å²) in [5.74, 6) is -0.0238. The lowest BCUT2D eigenvalue weighted by atomic mass is 10.1. The second-order valence-electron chi connectivity index (χ2n) is 7.74. The van der Waals surface area contributed by atoms with E-state index in [0.29, 0.717) is 53.8 Å². The maximum absolute atomic E-state index is 12.7. The van der Waals surface area contributed by atoms with Gasteiger partial charge in [0.05, 0.1) is 27.9 Å². The molecule has 4 rings (SSSR count). The minimum atomic E-state index is -0.372. The molecular weight excluding hydrogens is 497 g/mol. The zero-order valence-corrected chi connectivity index (χ0v) is 20.6. The number of nitrogens with one attached hydrogen (secondary N) is 1. The predicted molar refractivity (Wildman–Crippen MR) is 137 cm³/mol. The van der Waals surface area contributed by atoms with Gasteiger partial charge >= 0.3 is 0 Å². The lowest BCUT2D eigenvalue weighted by Gasteiger charge is -2.36. The number of halogens is 3. The Balaban J connectivity index is 1.40. The van der Waals surface area contributed by atoms with Gasteiger partial charge < -0.3 is 19.9 Å². The van der Waals surface area contributed by atoms with Gasteiger partial charge in [0.1, 0.15) is 0 Å². The molecule has 0 bridgehead atoms. The molecular formula is C25H22Cl3N3O3. The monoisotopic (exact) mass is 517 g/mol.